The van der Waals surface area contributed by atoms with Crippen molar-refractivity contribution in [2.24, 2.45) is 0 Å². The van der Waals surface area contributed by atoms with Gasteiger partial charge in [0.05, 0.1) is 18.6 Å². The van der Waals surface area contributed by atoms with Crippen LogP contribution in [0.5, 0.6) is 0 Å². The molecule has 3 saturated heterocycles. The van der Waals surface area contributed by atoms with Crippen molar-refractivity contribution in [1.82, 2.24) is 0 Å². The summed E-state index contributed by atoms with van der Waals surface area (Å²) in [5.41, 5.74) is 0.761. The van der Waals surface area contributed by atoms with Crippen molar-refractivity contribution in [2.75, 3.05) is 6.61 Å². The van der Waals surface area contributed by atoms with Crippen LogP contribution in [0.4, 0.5) is 0 Å². The van der Waals surface area contributed by atoms with Gasteiger partial charge in [0, 0.05) is 38.8 Å². The number of Topliss-reactive ketones (excluding diaryl/α,β-unsaturated/α-hetero) is 1. The number of rotatable bonds is 10. The highest BCUT2D eigenvalue weighted by Crippen LogP contribution is 2.36. The van der Waals surface area contributed by atoms with Crippen LogP contribution in [0, 0.1) is 0 Å². The molecule has 12 atom stereocenters. The zero-order valence-electron chi connectivity index (χ0n) is 37.5. The lowest BCUT2D eigenvalue weighted by Crippen LogP contribution is -2.67. The van der Waals surface area contributed by atoms with Gasteiger partial charge in [0.2, 0.25) is 0 Å². The molecular formula is C46H62O18. The number of esters is 6. The minimum atomic E-state index is -1.82. The normalized spacial score (nSPS) is 31.3. The van der Waals surface area contributed by atoms with Crippen molar-refractivity contribution in [2.45, 2.75) is 180 Å². The topological polar surface area (TPSA) is 232 Å². The molecule has 1 aromatic carbocycles. The van der Waals surface area contributed by atoms with Crippen molar-refractivity contribution in [3.05, 3.63) is 53.6 Å². The number of ketones is 1. The summed E-state index contributed by atoms with van der Waals surface area (Å²) in [5, 5.41) is 10.6. The van der Waals surface area contributed by atoms with Crippen LogP contribution in [-0.4, -0.2) is 127 Å². The van der Waals surface area contributed by atoms with Gasteiger partial charge >= 0.3 is 35.8 Å². The number of carbonyl (C=O) groups excluding carboxylic acids is 7. The summed E-state index contributed by atoms with van der Waals surface area (Å²) in [7, 11) is 0. The largest absolute Gasteiger partial charge is 0.463 e. The molecule has 0 spiro atoms. The number of benzene rings is 1. The summed E-state index contributed by atoms with van der Waals surface area (Å²) in [6.07, 6.45) is -9.81. The Morgan fingerprint density at radius 3 is 2.05 bits per heavy atom. The van der Waals surface area contributed by atoms with Gasteiger partial charge in [0.25, 0.3) is 0 Å². The number of hydrogen-bond donors (Lipinski definition) is 1. The standard InChI is InChI=1S/C46H62O18/c1-8-16-32-19-14-11-15-20-33(50)34(51)22-24-36(52)55-25-35-39(62-37(53)23-21-31-17-12-10-13-18-31)41(63-44(54)26(3)9-2)42(59-30(7)49)46(61-35)64-43-40(58-29(6)48)38(57-28(5)47)27(4)56-45(43)60-32/h9-10,12-13,17-18,21,23,27,32-33,35,38-43,45-46,50H,8,11,14-16,19-20,22,24-25H2,1-7H3/b23-21+,26-9-/t27-,32-,33-,35-,38-,39+,40+,41+,42+,43-,45+,46-/m0/s1. The van der Waals surface area contributed by atoms with Crippen molar-refractivity contribution in [1.29, 1.82) is 0 Å². The Balaban J connectivity index is 1.89. The number of aliphatic hydroxyl groups is 1. The molecule has 3 fully saturated rings. The molecule has 1 N–H and O–H groups in total. The number of allylic oxidation sites excluding steroid dienone is 1. The second-order valence-electron chi connectivity index (χ2n) is 15.9. The Morgan fingerprint density at radius 2 is 1.39 bits per heavy atom. The number of carbonyl (C=O) groups is 7. The highest BCUT2D eigenvalue weighted by Gasteiger charge is 2.57. The molecule has 64 heavy (non-hydrogen) atoms. The number of ether oxygens (including phenoxy) is 10. The van der Waals surface area contributed by atoms with Gasteiger partial charge in [-0.2, -0.15) is 0 Å². The number of fused-ring (bicyclic) bond motifs is 3. The lowest BCUT2D eigenvalue weighted by molar-refractivity contribution is -0.370. The highest BCUT2D eigenvalue weighted by molar-refractivity contribution is 5.89. The molecular weight excluding hydrogens is 840 g/mol. The average molecular weight is 903 g/mol. The van der Waals surface area contributed by atoms with Crippen LogP contribution in [-0.2, 0) is 80.9 Å². The molecule has 1 aromatic rings. The third-order valence-corrected chi connectivity index (χ3v) is 10.8. The van der Waals surface area contributed by atoms with Crippen LogP contribution in [0.3, 0.4) is 0 Å². The quantitative estimate of drug-likeness (QED) is 0.193. The Hall–Kier alpha value is -5.01. The second kappa shape index (κ2) is 25.5. The van der Waals surface area contributed by atoms with Gasteiger partial charge in [-0.25, -0.2) is 9.59 Å². The fraction of sp³-hybridized carbons (Fsp3) is 0.630. The monoisotopic (exact) mass is 902 g/mol. The Kier molecular flexibility index (Phi) is 20.5. The molecule has 0 aliphatic carbocycles. The van der Waals surface area contributed by atoms with Crippen LogP contribution in [0.15, 0.2) is 48.1 Å². The molecule has 0 aromatic heterocycles. The van der Waals surface area contributed by atoms with Crippen molar-refractivity contribution in [3.63, 3.8) is 0 Å². The van der Waals surface area contributed by atoms with Gasteiger partial charge in [-0.15, -0.1) is 0 Å². The minimum absolute atomic E-state index is 0.117. The summed E-state index contributed by atoms with van der Waals surface area (Å²) < 4.78 is 60.7. The molecule has 354 valence electrons. The van der Waals surface area contributed by atoms with Gasteiger partial charge in [-0.05, 0) is 51.7 Å². The maximum Gasteiger partial charge on any atom is 0.333 e. The van der Waals surface area contributed by atoms with E-state index in [1.807, 2.05) is 6.92 Å². The molecule has 0 amide bonds. The molecule has 3 heterocycles. The molecule has 0 unspecified atom stereocenters. The smallest absolute Gasteiger partial charge is 0.333 e. The van der Waals surface area contributed by atoms with Gasteiger partial charge < -0.3 is 52.5 Å². The minimum Gasteiger partial charge on any atom is -0.463 e. The lowest BCUT2D eigenvalue weighted by atomic mass is 9.96. The van der Waals surface area contributed by atoms with Crippen LogP contribution >= 0.6 is 0 Å². The van der Waals surface area contributed by atoms with Gasteiger partial charge in [0.15, 0.2) is 55.0 Å². The maximum absolute atomic E-state index is 13.6. The first-order valence-electron chi connectivity index (χ1n) is 21.8. The van der Waals surface area contributed by atoms with E-state index in [4.69, 9.17) is 47.4 Å². The summed E-state index contributed by atoms with van der Waals surface area (Å²) >= 11 is 0. The molecule has 18 nitrogen and oxygen atoms in total. The third kappa shape index (κ3) is 15.6. The van der Waals surface area contributed by atoms with Crippen LogP contribution in [0.1, 0.15) is 112 Å². The van der Waals surface area contributed by atoms with Crippen molar-refractivity contribution >= 4 is 47.7 Å². The first kappa shape index (κ1) is 51.6. The van der Waals surface area contributed by atoms with Crippen LogP contribution in [0.25, 0.3) is 6.08 Å². The Labute approximate surface area is 373 Å². The first-order valence-corrected chi connectivity index (χ1v) is 21.8. The molecule has 3 aliphatic heterocycles. The van der Waals surface area contributed by atoms with Gasteiger partial charge in [0.1, 0.15) is 18.8 Å². The summed E-state index contributed by atoms with van der Waals surface area (Å²) in [5.74, 6) is -5.71. The lowest BCUT2D eigenvalue weighted by Gasteiger charge is -2.48. The van der Waals surface area contributed by atoms with Crippen molar-refractivity contribution in [3.8, 4) is 0 Å². The number of cyclic esters (lactones) is 1. The summed E-state index contributed by atoms with van der Waals surface area (Å²) in [6, 6.07) is 8.78. The van der Waals surface area contributed by atoms with Crippen molar-refractivity contribution < 1.29 is 86.0 Å². The van der Waals surface area contributed by atoms with E-state index in [-0.39, 0.29) is 18.4 Å². The zero-order valence-corrected chi connectivity index (χ0v) is 37.5. The van der Waals surface area contributed by atoms with Crippen LogP contribution < -0.4 is 0 Å². The van der Waals surface area contributed by atoms with E-state index in [1.54, 1.807) is 44.2 Å². The SMILES string of the molecule is C/C=C(/C)C(=O)O[C@H]1[C@@H](OC(C)=O)[C@@H]2O[C@@H]3[C@@H](O[C@@H](CCC)CCCCC[C@H](O)C(=O)CCC(=O)OC[C@H](O2)[C@H]1OC(=O)/C=C/c1ccccc1)O[C@@H](C)[C@H](OC(C)=O)[C@H]3OC(C)=O. The predicted molar refractivity (Wildman–Crippen MR) is 223 cm³/mol. The highest BCUT2D eigenvalue weighted by atomic mass is 16.8. The zero-order chi connectivity index (χ0) is 46.9. The fourth-order valence-corrected chi connectivity index (χ4v) is 7.49. The van der Waals surface area contributed by atoms with E-state index in [0.29, 0.717) is 44.1 Å². The third-order valence-electron chi connectivity index (χ3n) is 10.8. The summed E-state index contributed by atoms with van der Waals surface area (Å²) in [6.45, 7) is 9.29. The second-order valence-corrected chi connectivity index (χ2v) is 15.9. The number of hydrogen-bond acceptors (Lipinski definition) is 18. The first-order chi connectivity index (χ1) is 30.5. The Morgan fingerprint density at radius 1 is 0.734 bits per heavy atom. The van der Waals surface area contributed by atoms with Gasteiger partial charge in [-0.3, -0.25) is 24.0 Å². The fourth-order valence-electron chi connectivity index (χ4n) is 7.49. The van der Waals surface area contributed by atoms with E-state index in [9.17, 15) is 38.7 Å². The van der Waals surface area contributed by atoms with E-state index in [2.05, 4.69) is 0 Å². The average Bonchev–Trinajstić information content (AvgIpc) is 3.24. The van der Waals surface area contributed by atoms with E-state index >= 15 is 0 Å². The predicted octanol–water partition coefficient (Wildman–Crippen LogP) is 4.54. The summed E-state index contributed by atoms with van der Waals surface area (Å²) in [4.78, 5) is 91.4. The van der Waals surface area contributed by atoms with E-state index < -0.39 is 128 Å². The molecule has 3 aliphatic rings. The molecule has 0 radical (unpaired) electrons. The maximum atomic E-state index is 13.6. The van der Waals surface area contributed by atoms with Gasteiger partial charge in [-0.1, -0.05) is 69.0 Å². The van der Waals surface area contributed by atoms with E-state index in [1.165, 1.54) is 19.1 Å². The van der Waals surface area contributed by atoms with E-state index in [0.717, 1.165) is 26.8 Å². The molecule has 0 saturated carbocycles. The molecule has 2 bridgehead atoms. The molecule has 18 heteroatoms. The Bertz CT molecular complexity index is 1810. The van der Waals surface area contributed by atoms with Crippen LogP contribution in [0.2, 0.25) is 0 Å². The molecule has 4 rings (SSSR count). The number of aliphatic hydroxyl groups excluding tert-OH is 1.